The first-order valence-electron chi connectivity index (χ1n) is 9.90. The Kier molecular flexibility index (Phi) is 11.1. The van der Waals surface area contributed by atoms with Gasteiger partial charge in [-0.15, -0.1) is 0 Å². The van der Waals surface area contributed by atoms with E-state index in [2.05, 4.69) is 42.3 Å². The van der Waals surface area contributed by atoms with E-state index in [-0.39, 0.29) is 0 Å². The van der Waals surface area contributed by atoms with Gasteiger partial charge < -0.3 is 0 Å². The third-order valence-electron chi connectivity index (χ3n) is 4.60. The van der Waals surface area contributed by atoms with Crippen molar-refractivity contribution in [3.63, 3.8) is 0 Å². The molecule has 0 amide bonds. The minimum Gasteiger partial charge on any atom is -0.234 e. The lowest BCUT2D eigenvalue weighted by Crippen LogP contribution is -2.37. The van der Waals surface area contributed by atoms with Crippen molar-refractivity contribution in [2.45, 2.75) is 111 Å². The van der Waals surface area contributed by atoms with Crippen LogP contribution in [0.1, 0.15) is 97.2 Å². The molecule has 0 N–H and O–H groups in total. The fraction of sp³-hybridized carbons (Fsp3) is 0.850. The van der Waals surface area contributed by atoms with Gasteiger partial charge in [-0.2, -0.15) is 0 Å². The van der Waals surface area contributed by atoms with Gasteiger partial charge in [-0.3, -0.25) is 0 Å². The number of unbranched alkanes of at least 4 members (excludes halogenated alkanes) is 8. The van der Waals surface area contributed by atoms with Gasteiger partial charge in [-0.05, 0) is 25.7 Å². The first kappa shape index (κ1) is 19.3. The highest BCUT2D eigenvalue weighted by molar-refractivity contribution is 4.84. The fourth-order valence-electron chi connectivity index (χ4n) is 3.12. The summed E-state index contributed by atoms with van der Waals surface area (Å²) in [7, 11) is 0. The van der Waals surface area contributed by atoms with Gasteiger partial charge in [0.25, 0.3) is 5.82 Å². The van der Waals surface area contributed by atoms with E-state index in [0.717, 1.165) is 0 Å². The monoisotopic (exact) mass is 307 g/mol. The molecule has 0 aliphatic heterocycles. The molecule has 1 heterocycles. The SMILES string of the molecule is CCCCCCCCn1cc[n+](CCCC)c1CCCCC. The van der Waals surface area contributed by atoms with Crippen LogP contribution in [0.5, 0.6) is 0 Å². The first-order valence-corrected chi connectivity index (χ1v) is 9.90. The number of nitrogens with zero attached hydrogens (tertiary/aromatic N) is 2. The molecule has 0 fully saturated rings. The summed E-state index contributed by atoms with van der Waals surface area (Å²) >= 11 is 0. The van der Waals surface area contributed by atoms with Gasteiger partial charge >= 0.3 is 0 Å². The summed E-state index contributed by atoms with van der Waals surface area (Å²) in [6.07, 6.45) is 20.8. The maximum absolute atomic E-state index is 2.53. The van der Waals surface area contributed by atoms with Crippen molar-refractivity contribution in [2.75, 3.05) is 0 Å². The molecular formula is C20H39N2+. The van der Waals surface area contributed by atoms with Crippen LogP contribution in [0.2, 0.25) is 0 Å². The lowest BCUT2D eigenvalue weighted by molar-refractivity contribution is -0.704. The third-order valence-corrected chi connectivity index (χ3v) is 4.60. The van der Waals surface area contributed by atoms with Crippen LogP contribution in [-0.2, 0) is 19.5 Å². The molecule has 128 valence electrons. The molecule has 1 aromatic rings. The van der Waals surface area contributed by atoms with Crippen LogP contribution in [0.3, 0.4) is 0 Å². The molecule has 0 unspecified atom stereocenters. The maximum atomic E-state index is 2.53. The second-order valence-corrected chi connectivity index (χ2v) is 6.68. The first-order chi connectivity index (χ1) is 10.8. The molecule has 0 atom stereocenters. The molecule has 0 aromatic carbocycles. The molecule has 1 rings (SSSR count). The van der Waals surface area contributed by atoms with E-state index in [1.807, 2.05) is 0 Å². The van der Waals surface area contributed by atoms with Gasteiger partial charge in [0, 0.05) is 6.42 Å². The zero-order chi connectivity index (χ0) is 16.0. The molecule has 0 aliphatic rings. The predicted molar refractivity (Wildman–Crippen MR) is 96.1 cm³/mol. The smallest absolute Gasteiger partial charge is 0.234 e. The molecule has 22 heavy (non-hydrogen) atoms. The molecule has 2 nitrogen and oxygen atoms in total. The highest BCUT2D eigenvalue weighted by Crippen LogP contribution is 2.09. The number of rotatable bonds is 14. The molecule has 0 bridgehead atoms. The van der Waals surface area contributed by atoms with Crippen molar-refractivity contribution in [3.8, 4) is 0 Å². The van der Waals surface area contributed by atoms with Crippen molar-refractivity contribution < 1.29 is 4.57 Å². The van der Waals surface area contributed by atoms with E-state index >= 15 is 0 Å². The van der Waals surface area contributed by atoms with Gasteiger partial charge in [-0.25, -0.2) is 9.13 Å². The van der Waals surface area contributed by atoms with Crippen LogP contribution in [0.4, 0.5) is 0 Å². The Morgan fingerprint density at radius 1 is 0.773 bits per heavy atom. The molecule has 0 radical (unpaired) electrons. The summed E-state index contributed by atoms with van der Waals surface area (Å²) in [5.41, 5.74) is 0. The maximum Gasteiger partial charge on any atom is 0.256 e. The normalized spacial score (nSPS) is 11.2. The summed E-state index contributed by atoms with van der Waals surface area (Å²) in [6.45, 7) is 9.27. The van der Waals surface area contributed by atoms with Crippen LogP contribution in [0, 0.1) is 0 Å². The molecule has 0 saturated heterocycles. The minimum absolute atomic E-state index is 1.20. The van der Waals surface area contributed by atoms with Crippen molar-refractivity contribution >= 4 is 0 Å². The lowest BCUT2D eigenvalue weighted by Gasteiger charge is -2.05. The fourth-order valence-corrected chi connectivity index (χ4v) is 3.12. The quantitative estimate of drug-likeness (QED) is 0.309. The Labute approximate surface area is 138 Å². The van der Waals surface area contributed by atoms with Gasteiger partial charge in [-0.1, -0.05) is 65.7 Å². The molecular weight excluding hydrogens is 268 g/mol. The zero-order valence-corrected chi connectivity index (χ0v) is 15.4. The van der Waals surface area contributed by atoms with Gasteiger partial charge in [0.15, 0.2) is 0 Å². The van der Waals surface area contributed by atoms with Gasteiger partial charge in [0.05, 0.1) is 13.1 Å². The second-order valence-electron chi connectivity index (χ2n) is 6.68. The van der Waals surface area contributed by atoms with Crippen LogP contribution in [-0.4, -0.2) is 4.57 Å². The van der Waals surface area contributed by atoms with Crippen LogP contribution >= 0.6 is 0 Å². The summed E-state index contributed by atoms with van der Waals surface area (Å²) in [5, 5.41) is 0. The van der Waals surface area contributed by atoms with E-state index in [4.69, 9.17) is 0 Å². The Balaban J connectivity index is 2.46. The van der Waals surface area contributed by atoms with E-state index in [9.17, 15) is 0 Å². The summed E-state index contributed by atoms with van der Waals surface area (Å²) in [5.74, 6) is 1.57. The van der Waals surface area contributed by atoms with Crippen molar-refractivity contribution in [1.29, 1.82) is 0 Å². The van der Waals surface area contributed by atoms with Gasteiger partial charge in [0.1, 0.15) is 12.4 Å². The number of imidazole rings is 1. The average Bonchev–Trinajstić information content (AvgIpc) is 2.91. The van der Waals surface area contributed by atoms with E-state index in [1.165, 1.54) is 90.1 Å². The molecule has 0 aliphatic carbocycles. The summed E-state index contributed by atoms with van der Waals surface area (Å²) in [6, 6.07) is 0. The Bertz CT molecular complexity index is 368. The Morgan fingerprint density at radius 2 is 1.41 bits per heavy atom. The van der Waals surface area contributed by atoms with Crippen LogP contribution in [0.25, 0.3) is 0 Å². The highest BCUT2D eigenvalue weighted by atomic mass is 15.1. The number of hydrogen-bond acceptors (Lipinski definition) is 0. The molecule has 0 saturated carbocycles. The van der Waals surface area contributed by atoms with Crippen molar-refractivity contribution in [3.05, 3.63) is 18.2 Å². The Morgan fingerprint density at radius 3 is 2.14 bits per heavy atom. The number of hydrogen-bond donors (Lipinski definition) is 0. The van der Waals surface area contributed by atoms with Crippen molar-refractivity contribution in [2.24, 2.45) is 0 Å². The third kappa shape index (κ3) is 7.47. The largest absolute Gasteiger partial charge is 0.256 e. The summed E-state index contributed by atoms with van der Waals surface area (Å²) in [4.78, 5) is 0. The number of aromatic nitrogens is 2. The van der Waals surface area contributed by atoms with Crippen molar-refractivity contribution in [1.82, 2.24) is 4.57 Å². The molecule has 0 spiro atoms. The lowest BCUT2D eigenvalue weighted by atomic mass is 10.1. The minimum atomic E-state index is 1.20. The zero-order valence-electron chi connectivity index (χ0n) is 15.4. The molecule has 1 aromatic heterocycles. The highest BCUT2D eigenvalue weighted by Gasteiger charge is 2.15. The van der Waals surface area contributed by atoms with Crippen LogP contribution < -0.4 is 4.57 Å². The predicted octanol–water partition coefficient (Wildman–Crippen LogP) is 5.67. The second kappa shape index (κ2) is 12.7. The standard InChI is InChI=1S/C20H39N2/c1-4-7-10-11-12-14-17-22-19-18-21(16-9-6-3)20(22)15-13-8-5-2/h18-19H,4-17H2,1-3H3/q+1. The average molecular weight is 308 g/mol. The van der Waals surface area contributed by atoms with E-state index < -0.39 is 0 Å². The van der Waals surface area contributed by atoms with E-state index in [1.54, 1.807) is 5.82 Å². The topological polar surface area (TPSA) is 8.81 Å². The summed E-state index contributed by atoms with van der Waals surface area (Å²) < 4.78 is 5.04. The van der Waals surface area contributed by atoms with E-state index in [0.29, 0.717) is 0 Å². The van der Waals surface area contributed by atoms with Crippen LogP contribution in [0.15, 0.2) is 12.4 Å². The Hall–Kier alpha value is -0.790. The molecule has 2 heteroatoms. The number of aryl methyl sites for hydroxylation is 2. The van der Waals surface area contributed by atoms with Gasteiger partial charge in [0.2, 0.25) is 0 Å².